The molecule has 0 aliphatic heterocycles. The summed E-state index contributed by atoms with van der Waals surface area (Å²) in [5.41, 5.74) is 4.79. The van der Waals surface area contributed by atoms with E-state index in [0.717, 1.165) is 39.7 Å². The minimum Gasteiger partial charge on any atom is -0.493 e. The fourth-order valence-electron chi connectivity index (χ4n) is 3.60. The van der Waals surface area contributed by atoms with Crippen LogP contribution in [0.1, 0.15) is 34.0 Å². The van der Waals surface area contributed by atoms with Crippen LogP contribution in [0.2, 0.25) is 0 Å². The molecule has 2 aromatic carbocycles. The van der Waals surface area contributed by atoms with Crippen LogP contribution in [-0.2, 0) is 12.8 Å². The first kappa shape index (κ1) is 18.9. The van der Waals surface area contributed by atoms with Crippen LogP contribution in [0, 0.1) is 12.7 Å². The van der Waals surface area contributed by atoms with Gasteiger partial charge in [0.15, 0.2) is 0 Å². The normalized spacial score (nSPS) is 15.7. The van der Waals surface area contributed by atoms with Crippen LogP contribution >= 0.6 is 33.9 Å². The second kappa shape index (κ2) is 8.27. The molecule has 1 atom stereocenters. The fraction of sp³-hybridized carbons (Fsp3) is 0.318. The van der Waals surface area contributed by atoms with Crippen molar-refractivity contribution in [1.29, 1.82) is 0 Å². The molecule has 5 heteroatoms. The molecular weight excluding hydrogens is 472 g/mol. The van der Waals surface area contributed by atoms with Gasteiger partial charge in [0.2, 0.25) is 0 Å². The minimum absolute atomic E-state index is 0.230. The zero-order chi connectivity index (χ0) is 18.8. The van der Waals surface area contributed by atoms with Gasteiger partial charge in [-0.05, 0) is 61.1 Å². The third-order valence-corrected chi connectivity index (χ3v) is 7.20. The first-order valence-electron chi connectivity index (χ1n) is 9.18. The van der Waals surface area contributed by atoms with Gasteiger partial charge in [-0.25, -0.2) is 9.37 Å². The van der Waals surface area contributed by atoms with Gasteiger partial charge in [-0.2, -0.15) is 0 Å². The van der Waals surface area contributed by atoms with E-state index in [1.165, 1.54) is 34.1 Å². The lowest BCUT2D eigenvalue weighted by Gasteiger charge is -2.10. The molecule has 4 rings (SSSR count). The van der Waals surface area contributed by atoms with Crippen LogP contribution in [0.4, 0.5) is 4.39 Å². The molecule has 140 valence electrons. The second-order valence-corrected chi connectivity index (χ2v) is 8.97. The molecule has 0 fully saturated rings. The summed E-state index contributed by atoms with van der Waals surface area (Å²) in [6.45, 7) is 2.66. The Bertz CT molecular complexity index is 955. The highest BCUT2D eigenvalue weighted by Gasteiger charge is 2.21. The van der Waals surface area contributed by atoms with Crippen LogP contribution in [0.15, 0.2) is 42.5 Å². The monoisotopic (exact) mass is 493 g/mol. The number of hydrogen-bond acceptors (Lipinski definition) is 3. The van der Waals surface area contributed by atoms with Gasteiger partial charge < -0.3 is 4.74 Å². The van der Waals surface area contributed by atoms with Crippen LogP contribution in [0.25, 0.3) is 10.6 Å². The number of halogens is 2. The lowest BCUT2D eigenvalue weighted by atomic mass is 10.0. The van der Waals surface area contributed by atoms with E-state index in [-0.39, 0.29) is 5.82 Å². The molecule has 1 aromatic heterocycles. The molecule has 0 spiro atoms. The fourth-order valence-corrected chi connectivity index (χ4v) is 5.47. The van der Waals surface area contributed by atoms with Crippen molar-refractivity contribution in [3.05, 3.63) is 70.0 Å². The Morgan fingerprint density at radius 1 is 1.26 bits per heavy atom. The van der Waals surface area contributed by atoms with E-state index in [9.17, 15) is 4.39 Å². The highest BCUT2D eigenvalue weighted by molar-refractivity contribution is 14.1. The Kier molecular flexibility index (Phi) is 5.78. The summed E-state index contributed by atoms with van der Waals surface area (Å²) in [5.74, 6) is 1.42. The number of alkyl halides is 1. The molecule has 0 radical (unpaired) electrons. The van der Waals surface area contributed by atoms with Gasteiger partial charge in [-0.1, -0.05) is 40.8 Å². The summed E-state index contributed by atoms with van der Waals surface area (Å²) in [6, 6.07) is 13.1. The molecule has 1 aliphatic carbocycles. The molecular formula is C22H21FINOS. The average Bonchev–Trinajstić information content (AvgIpc) is 3.25. The predicted molar refractivity (Wildman–Crippen MR) is 118 cm³/mol. The van der Waals surface area contributed by atoms with Gasteiger partial charge in [0.1, 0.15) is 16.6 Å². The summed E-state index contributed by atoms with van der Waals surface area (Å²) < 4.78 is 20.6. The highest BCUT2D eigenvalue weighted by Crippen LogP contribution is 2.36. The number of aryl methyl sites for hydroxylation is 2. The van der Waals surface area contributed by atoms with Crippen LogP contribution in [0.5, 0.6) is 5.75 Å². The van der Waals surface area contributed by atoms with Crippen molar-refractivity contribution in [2.45, 2.75) is 32.1 Å². The van der Waals surface area contributed by atoms with Crippen molar-refractivity contribution >= 4 is 33.9 Å². The van der Waals surface area contributed by atoms with Gasteiger partial charge in [0.05, 0.1) is 12.3 Å². The standard InChI is InChI=1S/C22H21FINOS/c1-14-21(25-22(27-14)16-3-2-4-18(23)11-16)9-10-26-19-7-8-20-15(12-19)5-6-17(20)13-24/h2-4,7-8,11-12,17H,5-6,9-10,13H2,1H3/t17-/m0/s1. The Balaban J connectivity index is 1.40. The second-order valence-electron chi connectivity index (χ2n) is 6.88. The summed E-state index contributed by atoms with van der Waals surface area (Å²) in [5, 5.41) is 0.865. The lowest BCUT2D eigenvalue weighted by Crippen LogP contribution is -2.03. The third-order valence-electron chi connectivity index (χ3n) is 5.07. The maximum atomic E-state index is 13.4. The van der Waals surface area contributed by atoms with Gasteiger partial charge in [0, 0.05) is 21.3 Å². The minimum atomic E-state index is -0.230. The summed E-state index contributed by atoms with van der Waals surface area (Å²) in [6.07, 6.45) is 3.16. The number of hydrogen-bond donors (Lipinski definition) is 0. The van der Waals surface area contributed by atoms with Crippen LogP contribution in [0.3, 0.4) is 0 Å². The Morgan fingerprint density at radius 3 is 2.96 bits per heavy atom. The summed E-state index contributed by atoms with van der Waals surface area (Å²) in [4.78, 5) is 5.87. The topological polar surface area (TPSA) is 22.1 Å². The summed E-state index contributed by atoms with van der Waals surface area (Å²) >= 11 is 4.08. The van der Waals surface area contributed by atoms with Crippen molar-refractivity contribution in [2.75, 3.05) is 11.0 Å². The average molecular weight is 493 g/mol. The van der Waals surface area contributed by atoms with Gasteiger partial charge in [-0.3, -0.25) is 0 Å². The van der Waals surface area contributed by atoms with Gasteiger partial charge in [-0.15, -0.1) is 11.3 Å². The largest absolute Gasteiger partial charge is 0.493 e. The molecule has 1 heterocycles. The molecule has 0 saturated heterocycles. The molecule has 2 nitrogen and oxygen atoms in total. The van der Waals surface area contributed by atoms with Crippen molar-refractivity contribution < 1.29 is 9.13 Å². The SMILES string of the molecule is Cc1sc(-c2cccc(F)c2)nc1CCOc1ccc2c(c1)CC[C@H]2CI. The van der Waals surface area contributed by atoms with Gasteiger partial charge in [0.25, 0.3) is 0 Å². The number of aromatic nitrogens is 1. The lowest BCUT2D eigenvalue weighted by molar-refractivity contribution is 0.320. The van der Waals surface area contributed by atoms with E-state index in [0.29, 0.717) is 12.5 Å². The third kappa shape index (κ3) is 4.19. The number of fused-ring (bicyclic) bond motifs is 1. The van der Waals surface area contributed by atoms with E-state index >= 15 is 0 Å². The first-order valence-corrected chi connectivity index (χ1v) is 11.5. The maximum absolute atomic E-state index is 13.4. The van der Waals surface area contributed by atoms with Crippen molar-refractivity contribution in [3.63, 3.8) is 0 Å². The molecule has 0 saturated carbocycles. The van der Waals surface area contributed by atoms with Gasteiger partial charge >= 0.3 is 0 Å². The van der Waals surface area contributed by atoms with E-state index in [1.807, 2.05) is 6.07 Å². The molecule has 0 amide bonds. The zero-order valence-corrected chi connectivity index (χ0v) is 18.1. The molecule has 27 heavy (non-hydrogen) atoms. The number of rotatable bonds is 6. The quantitative estimate of drug-likeness (QED) is 0.295. The van der Waals surface area contributed by atoms with E-state index in [2.05, 4.69) is 47.7 Å². The Morgan fingerprint density at radius 2 is 2.15 bits per heavy atom. The van der Waals surface area contributed by atoms with Crippen molar-refractivity contribution in [2.24, 2.45) is 0 Å². The van der Waals surface area contributed by atoms with Crippen LogP contribution in [-0.4, -0.2) is 16.0 Å². The van der Waals surface area contributed by atoms with E-state index in [4.69, 9.17) is 9.72 Å². The van der Waals surface area contributed by atoms with Crippen molar-refractivity contribution in [3.8, 4) is 16.3 Å². The Labute approximate surface area is 176 Å². The number of thiazole rings is 1. The predicted octanol–water partition coefficient (Wildman–Crippen LogP) is 6.34. The van der Waals surface area contributed by atoms with Crippen molar-refractivity contribution in [1.82, 2.24) is 4.98 Å². The smallest absolute Gasteiger partial charge is 0.123 e. The van der Waals surface area contributed by atoms with E-state index < -0.39 is 0 Å². The molecule has 1 aliphatic rings. The molecule has 0 unspecified atom stereocenters. The number of ether oxygens (including phenoxy) is 1. The van der Waals surface area contributed by atoms with E-state index in [1.54, 1.807) is 17.4 Å². The highest BCUT2D eigenvalue weighted by atomic mass is 127. The maximum Gasteiger partial charge on any atom is 0.123 e. The summed E-state index contributed by atoms with van der Waals surface area (Å²) in [7, 11) is 0. The molecule has 0 N–H and O–H groups in total. The number of nitrogens with zero attached hydrogens (tertiary/aromatic N) is 1. The first-order chi connectivity index (χ1) is 13.1. The molecule has 0 bridgehead atoms. The Hall–Kier alpha value is -1.47. The van der Waals surface area contributed by atoms with Crippen LogP contribution < -0.4 is 4.74 Å². The number of benzene rings is 2. The zero-order valence-electron chi connectivity index (χ0n) is 15.2. The molecule has 3 aromatic rings.